The Hall–Kier alpha value is -0.910. The van der Waals surface area contributed by atoms with Crippen molar-refractivity contribution < 1.29 is 5.11 Å². The van der Waals surface area contributed by atoms with Gasteiger partial charge in [0.15, 0.2) is 0 Å². The van der Waals surface area contributed by atoms with Gasteiger partial charge in [-0.25, -0.2) is 0 Å². The number of terminal acetylenes is 1. The van der Waals surface area contributed by atoms with Crippen LogP contribution in [0.3, 0.4) is 0 Å². The summed E-state index contributed by atoms with van der Waals surface area (Å²) in [7, 11) is 0. The number of rotatable bonds is 1. The number of thioether (sulfide) groups is 1. The Bertz CT molecular complexity index is 328. The van der Waals surface area contributed by atoms with Gasteiger partial charge in [0.2, 0.25) is 0 Å². The summed E-state index contributed by atoms with van der Waals surface area (Å²) in [6.45, 7) is 0. The Morgan fingerprint density at radius 1 is 1.54 bits per heavy atom. The average Bonchev–Trinajstić information content (AvgIpc) is 2.59. The quantitative estimate of drug-likeness (QED) is 0.680. The minimum atomic E-state index is -0.627. The SMILES string of the molecule is C#CC(O)C1Cc2ccccc2S1. The summed E-state index contributed by atoms with van der Waals surface area (Å²) in [4.78, 5) is 1.25. The first-order chi connectivity index (χ1) is 6.31. The van der Waals surface area contributed by atoms with Crippen molar-refractivity contribution in [3.8, 4) is 12.3 Å². The van der Waals surface area contributed by atoms with Gasteiger partial charge < -0.3 is 5.11 Å². The predicted molar refractivity (Wildman–Crippen MR) is 54.6 cm³/mol. The molecule has 2 atom stereocenters. The highest BCUT2D eigenvalue weighted by atomic mass is 32.2. The molecule has 1 aliphatic rings. The van der Waals surface area contributed by atoms with Crippen molar-refractivity contribution in [2.75, 3.05) is 0 Å². The van der Waals surface area contributed by atoms with Gasteiger partial charge in [0.25, 0.3) is 0 Å². The molecule has 1 aromatic carbocycles. The van der Waals surface area contributed by atoms with Gasteiger partial charge in [-0.05, 0) is 18.1 Å². The van der Waals surface area contributed by atoms with Crippen LogP contribution >= 0.6 is 11.8 Å². The number of fused-ring (bicyclic) bond motifs is 1. The van der Waals surface area contributed by atoms with Gasteiger partial charge in [0, 0.05) is 4.90 Å². The van der Waals surface area contributed by atoms with Crippen LogP contribution in [0.4, 0.5) is 0 Å². The minimum absolute atomic E-state index is 0.141. The van der Waals surface area contributed by atoms with Crippen LogP contribution in [0.25, 0.3) is 0 Å². The monoisotopic (exact) mass is 190 g/mol. The minimum Gasteiger partial charge on any atom is -0.379 e. The number of hydrogen-bond donors (Lipinski definition) is 1. The highest BCUT2D eigenvalue weighted by molar-refractivity contribution is 8.00. The molecular weight excluding hydrogens is 180 g/mol. The van der Waals surface area contributed by atoms with E-state index in [4.69, 9.17) is 6.42 Å². The lowest BCUT2D eigenvalue weighted by atomic mass is 10.1. The summed E-state index contributed by atoms with van der Waals surface area (Å²) in [5, 5.41) is 9.61. The molecule has 66 valence electrons. The van der Waals surface area contributed by atoms with E-state index in [1.54, 1.807) is 11.8 Å². The summed E-state index contributed by atoms with van der Waals surface area (Å²) in [5.74, 6) is 2.38. The first-order valence-corrected chi connectivity index (χ1v) is 5.08. The molecule has 2 unspecified atom stereocenters. The van der Waals surface area contributed by atoms with E-state index in [1.807, 2.05) is 12.1 Å². The average molecular weight is 190 g/mol. The molecule has 0 saturated heterocycles. The molecule has 1 aliphatic heterocycles. The van der Waals surface area contributed by atoms with Crippen LogP contribution in [-0.2, 0) is 6.42 Å². The zero-order valence-electron chi connectivity index (χ0n) is 7.10. The molecule has 0 saturated carbocycles. The lowest BCUT2D eigenvalue weighted by Crippen LogP contribution is -2.19. The molecule has 0 amide bonds. The Morgan fingerprint density at radius 2 is 2.31 bits per heavy atom. The zero-order valence-corrected chi connectivity index (χ0v) is 7.92. The van der Waals surface area contributed by atoms with Crippen LogP contribution in [0.2, 0.25) is 0 Å². The number of benzene rings is 1. The fraction of sp³-hybridized carbons (Fsp3) is 0.273. The molecule has 0 aromatic heterocycles. The fourth-order valence-electron chi connectivity index (χ4n) is 1.49. The third-order valence-electron chi connectivity index (χ3n) is 2.19. The topological polar surface area (TPSA) is 20.2 Å². The summed E-state index contributed by atoms with van der Waals surface area (Å²) in [5.41, 5.74) is 1.30. The second-order valence-corrected chi connectivity index (χ2v) is 4.36. The Kier molecular flexibility index (Phi) is 2.30. The van der Waals surface area contributed by atoms with Crippen molar-refractivity contribution in [2.24, 2.45) is 0 Å². The van der Waals surface area contributed by atoms with E-state index in [0.29, 0.717) is 0 Å². The molecule has 0 fully saturated rings. The maximum atomic E-state index is 9.47. The van der Waals surface area contributed by atoms with E-state index in [0.717, 1.165) is 6.42 Å². The molecular formula is C11H10OS. The van der Waals surface area contributed by atoms with Crippen LogP contribution in [0.15, 0.2) is 29.2 Å². The van der Waals surface area contributed by atoms with Gasteiger partial charge in [-0.1, -0.05) is 24.1 Å². The number of hydrogen-bond acceptors (Lipinski definition) is 2. The molecule has 0 bridgehead atoms. The number of aliphatic hydroxyl groups excluding tert-OH is 1. The molecule has 13 heavy (non-hydrogen) atoms. The van der Waals surface area contributed by atoms with E-state index in [1.165, 1.54) is 10.5 Å². The molecule has 2 rings (SSSR count). The first-order valence-electron chi connectivity index (χ1n) is 4.20. The van der Waals surface area contributed by atoms with E-state index in [-0.39, 0.29) is 5.25 Å². The van der Waals surface area contributed by atoms with E-state index in [2.05, 4.69) is 18.1 Å². The molecule has 1 aromatic rings. The molecule has 0 spiro atoms. The van der Waals surface area contributed by atoms with Crippen molar-refractivity contribution in [2.45, 2.75) is 22.7 Å². The largest absolute Gasteiger partial charge is 0.379 e. The van der Waals surface area contributed by atoms with Crippen molar-refractivity contribution in [1.82, 2.24) is 0 Å². The summed E-state index contributed by atoms with van der Waals surface area (Å²) in [6.07, 6.45) is 5.43. The molecule has 1 heterocycles. The molecule has 0 radical (unpaired) electrons. The van der Waals surface area contributed by atoms with Crippen LogP contribution in [0.5, 0.6) is 0 Å². The van der Waals surface area contributed by atoms with E-state index < -0.39 is 6.10 Å². The van der Waals surface area contributed by atoms with Gasteiger partial charge in [-0.3, -0.25) is 0 Å². The molecule has 1 nitrogen and oxygen atoms in total. The molecule has 1 N–H and O–H groups in total. The first kappa shape index (κ1) is 8.68. The van der Waals surface area contributed by atoms with Crippen LogP contribution in [-0.4, -0.2) is 16.5 Å². The predicted octanol–water partition coefficient (Wildman–Crippen LogP) is 1.70. The van der Waals surface area contributed by atoms with Crippen molar-refractivity contribution in [3.63, 3.8) is 0 Å². The fourth-order valence-corrected chi connectivity index (χ4v) is 2.75. The summed E-state index contributed by atoms with van der Waals surface area (Å²) in [6, 6.07) is 8.19. The third kappa shape index (κ3) is 1.58. The van der Waals surface area contributed by atoms with Gasteiger partial charge in [0.05, 0.1) is 5.25 Å². The van der Waals surface area contributed by atoms with Crippen molar-refractivity contribution in [3.05, 3.63) is 29.8 Å². The van der Waals surface area contributed by atoms with Crippen LogP contribution in [0.1, 0.15) is 5.56 Å². The van der Waals surface area contributed by atoms with E-state index >= 15 is 0 Å². The normalized spacial score (nSPS) is 22.0. The van der Waals surface area contributed by atoms with E-state index in [9.17, 15) is 5.11 Å². The smallest absolute Gasteiger partial charge is 0.126 e. The van der Waals surface area contributed by atoms with Gasteiger partial charge >= 0.3 is 0 Å². The Labute approximate surface area is 82.2 Å². The van der Waals surface area contributed by atoms with Gasteiger partial charge in [-0.15, -0.1) is 18.2 Å². The second-order valence-electron chi connectivity index (χ2n) is 3.08. The Morgan fingerprint density at radius 3 is 3.00 bits per heavy atom. The summed E-state index contributed by atoms with van der Waals surface area (Å²) < 4.78 is 0. The lowest BCUT2D eigenvalue weighted by Gasteiger charge is -2.09. The highest BCUT2D eigenvalue weighted by Gasteiger charge is 2.26. The maximum Gasteiger partial charge on any atom is 0.126 e. The highest BCUT2D eigenvalue weighted by Crippen LogP contribution is 2.37. The lowest BCUT2D eigenvalue weighted by molar-refractivity contribution is 0.229. The van der Waals surface area contributed by atoms with Crippen molar-refractivity contribution in [1.29, 1.82) is 0 Å². The van der Waals surface area contributed by atoms with Crippen LogP contribution in [0, 0.1) is 12.3 Å². The van der Waals surface area contributed by atoms with Crippen LogP contribution < -0.4 is 0 Å². The molecule has 0 aliphatic carbocycles. The Balaban J connectivity index is 2.19. The van der Waals surface area contributed by atoms with Crippen molar-refractivity contribution >= 4 is 11.8 Å². The molecule has 2 heteroatoms. The standard InChI is InChI=1S/C11H10OS/c1-2-9(12)11-7-8-5-3-4-6-10(8)13-11/h1,3-6,9,11-12H,7H2. The third-order valence-corrected chi connectivity index (χ3v) is 3.57. The summed E-state index contributed by atoms with van der Waals surface area (Å²) >= 11 is 1.68. The zero-order chi connectivity index (χ0) is 9.26. The maximum absolute atomic E-state index is 9.47. The van der Waals surface area contributed by atoms with Gasteiger partial charge in [0.1, 0.15) is 6.10 Å². The second kappa shape index (κ2) is 3.45. The van der Waals surface area contributed by atoms with Gasteiger partial charge in [-0.2, -0.15) is 0 Å². The number of aliphatic hydroxyl groups is 1.